The number of anilines is 1. The van der Waals surface area contributed by atoms with Crippen molar-refractivity contribution in [2.75, 3.05) is 11.6 Å². The first-order valence-corrected chi connectivity index (χ1v) is 11.4. The minimum absolute atomic E-state index is 0.0923. The summed E-state index contributed by atoms with van der Waals surface area (Å²) < 4.78 is 26.2. The molecule has 158 valence electrons. The van der Waals surface area contributed by atoms with Crippen molar-refractivity contribution in [1.29, 1.82) is 0 Å². The summed E-state index contributed by atoms with van der Waals surface area (Å²) in [6, 6.07) is 19.7. The number of nitrogens with zero attached hydrogens (tertiary/aromatic N) is 3. The Morgan fingerprint density at radius 1 is 1.03 bits per heavy atom. The fourth-order valence-electron chi connectivity index (χ4n) is 3.37. The van der Waals surface area contributed by atoms with E-state index in [2.05, 4.69) is 14.9 Å². The van der Waals surface area contributed by atoms with Crippen molar-refractivity contribution >= 4 is 32.2 Å². The Bertz CT molecular complexity index is 1360. The number of non-ortho nitro benzene ring substituents is 1. The molecule has 0 unspecified atom stereocenters. The third-order valence-electron chi connectivity index (χ3n) is 4.96. The van der Waals surface area contributed by atoms with Crippen LogP contribution in [0, 0.1) is 10.1 Å². The number of aromatic nitrogens is 2. The highest BCUT2D eigenvalue weighted by atomic mass is 32.2. The van der Waals surface area contributed by atoms with Crippen LogP contribution in [0.5, 0.6) is 0 Å². The van der Waals surface area contributed by atoms with Crippen molar-refractivity contribution in [3.8, 4) is 0 Å². The minimum Gasteiger partial charge on any atom is -0.380 e. The monoisotopic (exact) mass is 436 g/mol. The number of nitro benzene ring substituents is 1. The van der Waals surface area contributed by atoms with Crippen LogP contribution in [0.1, 0.15) is 11.1 Å². The number of nitrogens with one attached hydrogen (secondary N) is 1. The van der Waals surface area contributed by atoms with E-state index >= 15 is 0 Å². The Morgan fingerprint density at radius 2 is 1.74 bits per heavy atom. The maximum absolute atomic E-state index is 12.1. The van der Waals surface area contributed by atoms with Gasteiger partial charge in [-0.1, -0.05) is 36.4 Å². The van der Waals surface area contributed by atoms with E-state index < -0.39 is 14.8 Å². The van der Waals surface area contributed by atoms with Gasteiger partial charge in [-0.25, -0.2) is 13.4 Å². The van der Waals surface area contributed by atoms with Crippen molar-refractivity contribution < 1.29 is 13.3 Å². The van der Waals surface area contributed by atoms with Gasteiger partial charge >= 0.3 is 0 Å². The van der Waals surface area contributed by atoms with Gasteiger partial charge in [0.2, 0.25) is 0 Å². The molecule has 0 atom stereocenters. The zero-order valence-electron chi connectivity index (χ0n) is 16.7. The van der Waals surface area contributed by atoms with Crippen molar-refractivity contribution in [3.63, 3.8) is 0 Å². The Hall–Kier alpha value is -3.72. The maximum atomic E-state index is 12.1. The highest BCUT2D eigenvalue weighted by molar-refractivity contribution is 7.90. The fraction of sp³-hybridized carbons (Fsp3) is 0.136. The van der Waals surface area contributed by atoms with E-state index in [-0.39, 0.29) is 10.6 Å². The Kier molecular flexibility index (Phi) is 5.43. The van der Waals surface area contributed by atoms with Gasteiger partial charge in [-0.05, 0) is 29.3 Å². The van der Waals surface area contributed by atoms with Crippen molar-refractivity contribution in [2.24, 2.45) is 0 Å². The third kappa shape index (κ3) is 4.56. The van der Waals surface area contributed by atoms with Crippen LogP contribution in [-0.4, -0.2) is 29.1 Å². The van der Waals surface area contributed by atoms with Gasteiger partial charge < -0.3 is 9.88 Å². The van der Waals surface area contributed by atoms with E-state index in [1.165, 1.54) is 12.1 Å². The van der Waals surface area contributed by atoms with Gasteiger partial charge in [0.25, 0.3) is 5.69 Å². The van der Waals surface area contributed by atoms with Crippen molar-refractivity contribution in [3.05, 3.63) is 94.3 Å². The average molecular weight is 436 g/mol. The molecule has 0 aliphatic rings. The smallest absolute Gasteiger partial charge is 0.270 e. The van der Waals surface area contributed by atoms with Crippen LogP contribution in [0.4, 0.5) is 11.4 Å². The molecule has 4 rings (SSSR count). The van der Waals surface area contributed by atoms with Crippen LogP contribution in [0.2, 0.25) is 0 Å². The van der Waals surface area contributed by atoms with Gasteiger partial charge in [0.1, 0.15) is 0 Å². The molecule has 0 spiro atoms. The average Bonchev–Trinajstić information content (AvgIpc) is 3.15. The molecule has 9 heteroatoms. The molecule has 4 aromatic rings. The van der Waals surface area contributed by atoms with Gasteiger partial charge in [0.15, 0.2) is 9.84 Å². The molecule has 1 aromatic heterocycles. The SMILES string of the molecule is CS(=O)(=O)c1cc([N+](=O)[O-])ccc1NCc1ccc(Cn2cnc3ccccc32)cc1. The number of benzene rings is 3. The van der Waals surface area contributed by atoms with Crippen LogP contribution in [0.15, 0.2) is 78.0 Å². The van der Waals surface area contributed by atoms with Crippen LogP contribution in [0.3, 0.4) is 0 Å². The number of sulfone groups is 1. The molecule has 31 heavy (non-hydrogen) atoms. The number of hydrogen-bond acceptors (Lipinski definition) is 6. The molecule has 1 N–H and O–H groups in total. The maximum Gasteiger partial charge on any atom is 0.270 e. The number of rotatable bonds is 7. The Morgan fingerprint density at radius 3 is 2.45 bits per heavy atom. The highest BCUT2D eigenvalue weighted by Crippen LogP contribution is 2.27. The second kappa shape index (κ2) is 8.19. The van der Waals surface area contributed by atoms with E-state index in [0.29, 0.717) is 18.8 Å². The highest BCUT2D eigenvalue weighted by Gasteiger charge is 2.18. The van der Waals surface area contributed by atoms with E-state index in [9.17, 15) is 18.5 Å². The molecule has 3 aromatic carbocycles. The van der Waals surface area contributed by atoms with E-state index in [1.807, 2.05) is 54.9 Å². The molecule has 0 aliphatic carbocycles. The fourth-order valence-corrected chi connectivity index (χ4v) is 4.24. The lowest BCUT2D eigenvalue weighted by Gasteiger charge is -2.12. The third-order valence-corrected chi connectivity index (χ3v) is 6.10. The number of hydrogen-bond donors (Lipinski definition) is 1. The second-order valence-corrected chi connectivity index (χ2v) is 9.23. The summed E-state index contributed by atoms with van der Waals surface area (Å²) in [5.74, 6) is 0. The Labute approximate surface area is 179 Å². The first kappa shape index (κ1) is 20.5. The topological polar surface area (TPSA) is 107 Å². The second-order valence-electron chi connectivity index (χ2n) is 7.24. The summed E-state index contributed by atoms with van der Waals surface area (Å²) in [5, 5.41) is 14.0. The van der Waals surface area contributed by atoms with Crippen LogP contribution < -0.4 is 5.32 Å². The van der Waals surface area contributed by atoms with E-state index in [4.69, 9.17) is 0 Å². The number of imidazole rings is 1. The zero-order valence-corrected chi connectivity index (χ0v) is 17.5. The summed E-state index contributed by atoms with van der Waals surface area (Å²) in [7, 11) is -3.62. The lowest BCUT2D eigenvalue weighted by molar-refractivity contribution is -0.385. The van der Waals surface area contributed by atoms with Gasteiger partial charge in [-0.2, -0.15) is 0 Å². The number of para-hydroxylation sites is 2. The van der Waals surface area contributed by atoms with Gasteiger partial charge in [0, 0.05) is 31.5 Å². The predicted molar refractivity (Wildman–Crippen MR) is 119 cm³/mol. The molecular weight excluding hydrogens is 416 g/mol. The van der Waals surface area contributed by atoms with Crippen molar-refractivity contribution in [1.82, 2.24) is 9.55 Å². The van der Waals surface area contributed by atoms with Crippen LogP contribution >= 0.6 is 0 Å². The lowest BCUT2D eigenvalue weighted by Crippen LogP contribution is -2.07. The summed E-state index contributed by atoms with van der Waals surface area (Å²) in [5.41, 5.74) is 4.16. The summed E-state index contributed by atoms with van der Waals surface area (Å²) >= 11 is 0. The minimum atomic E-state index is -3.62. The molecule has 0 bridgehead atoms. The molecule has 0 saturated heterocycles. The summed E-state index contributed by atoms with van der Waals surface area (Å²) in [6.07, 6.45) is 2.85. The molecule has 0 amide bonds. The quantitative estimate of drug-likeness (QED) is 0.346. The molecule has 8 nitrogen and oxygen atoms in total. The van der Waals surface area contributed by atoms with Gasteiger partial charge in [-0.15, -0.1) is 0 Å². The van der Waals surface area contributed by atoms with Gasteiger partial charge in [0.05, 0.1) is 32.9 Å². The molecule has 0 aliphatic heterocycles. The number of nitro groups is 1. The lowest BCUT2D eigenvalue weighted by atomic mass is 10.1. The Balaban J connectivity index is 1.48. The molecular formula is C22H20N4O4S. The van der Waals surface area contributed by atoms with Crippen molar-refractivity contribution in [2.45, 2.75) is 18.0 Å². The summed E-state index contributed by atoms with van der Waals surface area (Å²) in [6.45, 7) is 1.07. The predicted octanol–water partition coefficient (Wildman–Crippen LogP) is 4.01. The molecule has 1 heterocycles. The zero-order chi connectivity index (χ0) is 22.0. The van der Waals surface area contributed by atoms with Crippen LogP contribution in [0.25, 0.3) is 11.0 Å². The molecule has 0 fully saturated rings. The molecule has 0 radical (unpaired) electrons. The van der Waals surface area contributed by atoms with Crippen LogP contribution in [-0.2, 0) is 22.9 Å². The number of fused-ring (bicyclic) bond motifs is 1. The molecule has 0 saturated carbocycles. The summed E-state index contributed by atoms with van der Waals surface area (Å²) in [4.78, 5) is 14.7. The van der Waals surface area contributed by atoms with E-state index in [1.54, 1.807) is 0 Å². The standard InChI is InChI=1S/C22H20N4O4S/c1-31(29,30)22-12-18(26(27)28)10-11-20(22)23-13-16-6-8-17(9-7-16)14-25-15-24-19-4-2-3-5-21(19)25/h2-12,15,23H,13-14H2,1H3. The first-order valence-electron chi connectivity index (χ1n) is 9.51. The van der Waals surface area contributed by atoms with Gasteiger partial charge in [-0.3, -0.25) is 10.1 Å². The normalized spacial score (nSPS) is 11.5. The first-order chi connectivity index (χ1) is 14.8. The largest absolute Gasteiger partial charge is 0.380 e. The van der Waals surface area contributed by atoms with E-state index in [0.717, 1.165) is 34.5 Å².